The topological polar surface area (TPSA) is 79.0 Å². The number of nitrogens with zero attached hydrogens (tertiary/aromatic N) is 2. The summed E-state index contributed by atoms with van der Waals surface area (Å²) in [4.78, 5) is 42.6. The van der Waals surface area contributed by atoms with E-state index in [-0.39, 0.29) is 30.4 Å². The maximum atomic E-state index is 13.6. The lowest BCUT2D eigenvalue weighted by Gasteiger charge is -2.42. The molecule has 1 N–H and O–H groups in total. The predicted octanol–water partition coefficient (Wildman–Crippen LogP) is 3.14. The first kappa shape index (κ1) is 21.6. The monoisotopic (exact) mass is 447 g/mol. The van der Waals surface area contributed by atoms with Crippen LogP contribution < -0.4 is 10.2 Å². The van der Waals surface area contributed by atoms with Crippen LogP contribution in [-0.4, -0.2) is 54.1 Å². The molecule has 33 heavy (non-hydrogen) atoms. The standard InChI is InChI=1S/C26H29N3O4/c30-22(27-16-15-18-9-3-1-4-10-18)17-28-23-20-13-7-8-14-21(20)33-24(23)25(31)29(26(28)32)19-11-5-2-6-12-19/h1-6,9-12,20-21,23-24H,7-8,13-17H2,(H,27,30). The molecule has 1 saturated carbocycles. The Hall–Kier alpha value is -3.19. The van der Waals surface area contributed by atoms with Crippen LogP contribution >= 0.6 is 0 Å². The Kier molecular flexibility index (Phi) is 6.13. The van der Waals surface area contributed by atoms with Gasteiger partial charge in [0.15, 0.2) is 6.10 Å². The molecule has 3 fully saturated rings. The molecule has 4 unspecified atom stereocenters. The highest BCUT2D eigenvalue weighted by Crippen LogP contribution is 2.43. The molecule has 4 amide bonds. The van der Waals surface area contributed by atoms with Crippen molar-refractivity contribution in [2.75, 3.05) is 18.0 Å². The van der Waals surface area contributed by atoms with Crippen molar-refractivity contribution in [3.63, 3.8) is 0 Å². The molecule has 3 aliphatic rings. The van der Waals surface area contributed by atoms with Crippen LogP contribution in [0.4, 0.5) is 10.5 Å². The van der Waals surface area contributed by atoms with Gasteiger partial charge in [-0.3, -0.25) is 9.59 Å². The second-order valence-electron chi connectivity index (χ2n) is 9.04. The summed E-state index contributed by atoms with van der Waals surface area (Å²) in [5.41, 5.74) is 1.64. The zero-order valence-corrected chi connectivity index (χ0v) is 18.6. The van der Waals surface area contributed by atoms with Gasteiger partial charge in [0.05, 0.1) is 17.8 Å². The predicted molar refractivity (Wildman–Crippen MR) is 124 cm³/mol. The Labute approximate surface area is 193 Å². The number of para-hydroxylation sites is 1. The zero-order valence-electron chi connectivity index (χ0n) is 18.6. The first-order valence-electron chi connectivity index (χ1n) is 11.8. The smallest absolute Gasteiger partial charge is 0.332 e. The van der Waals surface area contributed by atoms with Crippen LogP contribution in [0.5, 0.6) is 0 Å². The van der Waals surface area contributed by atoms with E-state index in [1.165, 1.54) is 4.90 Å². The average Bonchev–Trinajstić information content (AvgIpc) is 3.23. The summed E-state index contributed by atoms with van der Waals surface area (Å²) in [6.45, 7) is 0.404. The van der Waals surface area contributed by atoms with Gasteiger partial charge in [-0.15, -0.1) is 0 Å². The van der Waals surface area contributed by atoms with E-state index in [1.54, 1.807) is 29.2 Å². The van der Waals surface area contributed by atoms with Crippen LogP contribution in [-0.2, 0) is 20.7 Å². The summed E-state index contributed by atoms with van der Waals surface area (Å²) in [5.74, 6) is -0.460. The van der Waals surface area contributed by atoms with Gasteiger partial charge >= 0.3 is 6.03 Å². The normalized spacial score (nSPS) is 26.7. The number of carbonyl (C=O) groups excluding carboxylic acids is 3. The molecule has 0 spiro atoms. The Bertz CT molecular complexity index is 1010. The molecule has 4 atom stereocenters. The summed E-state index contributed by atoms with van der Waals surface area (Å²) in [6.07, 6.45) is 3.86. The summed E-state index contributed by atoms with van der Waals surface area (Å²) in [6, 6.07) is 18.0. The molecule has 0 radical (unpaired) electrons. The van der Waals surface area contributed by atoms with E-state index in [9.17, 15) is 14.4 Å². The average molecular weight is 448 g/mol. The number of imide groups is 1. The van der Waals surface area contributed by atoms with E-state index in [0.717, 1.165) is 37.7 Å². The van der Waals surface area contributed by atoms with E-state index in [4.69, 9.17) is 4.74 Å². The molecule has 2 aromatic carbocycles. The Morgan fingerprint density at radius 1 is 0.970 bits per heavy atom. The third-order valence-electron chi connectivity index (χ3n) is 6.99. The van der Waals surface area contributed by atoms with E-state index >= 15 is 0 Å². The second-order valence-corrected chi connectivity index (χ2v) is 9.04. The highest BCUT2D eigenvalue weighted by molar-refractivity contribution is 6.18. The van der Waals surface area contributed by atoms with Crippen molar-refractivity contribution in [1.82, 2.24) is 10.2 Å². The summed E-state index contributed by atoms with van der Waals surface area (Å²) in [7, 11) is 0. The second kappa shape index (κ2) is 9.35. The molecular weight excluding hydrogens is 418 g/mol. The number of carbonyl (C=O) groups is 3. The quantitative estimate of drug-likeness (QED) is 0.738. The fourth-order valence-corrected chi connectivity index (χ4v) is 5.44. The van der Waals surface area contributed by atoms with E-state index in [0.29, 0.717) is 12.2 Å². The van der Waals surface area contributed by atoms with Crippen molar-refractivity contribution in [3.8, 4) is 0 Å². The number of urea groups is 1. The van der Waals surface area contributed by atoms with Gasteiger partial charge in [0.2, 0.25) is 5.91 Å². The number of fused-ring (bicyclic) bond motifs is 3. The van der Waals surface area contributed by atoms with Crippen molar-refractivity contribution in [3.05, 3.63) is 66.2 Å². The largest absolute Gasteiger partial charge is 0.363 e. The number of anilines is 1. The number of amides is 4. The highest BCUT2D eigenvalue weighted by atomic mass is 16.5. The van der Waals surface area contributed by atoms with Gasteiger partial charge in [0.25, 0.3) is 5.91 Å². The van der Waals surface area contributed by atoms with Crippen molar-refractivity contribution in [2.45, 2.75) is 50.4 Å². The summed E-state index contributed by atoms with van der Waals surface area (Å²) < 4.78 is 6.22. The molecule has 0 bridgehead atoms. The van der Waals surface area contributed by atoms with Gasteiger partial charge in [0, 0.05) is 12.5 Å². The van der Waals surface area contributed by atoms with Crippen LogP contribution in [0.25, 0.3) is 0 Å². The van der Waals surface area contributed by atoms with Crippen molar-refractivity contribution in [1.29, 1.82) is 0 Å². The van der Waals surface area contributed by atoms with Gasteiger partial charge < -0.3 is 15.0 Å². The fourth-order valence-electron chi connectivity index (χ4n) is 5.44. The third kappa shape index (κ3) is 4.25. The minimum absolute atomic E-state index is 0.0372. The van der Waals surface area contributed by atoms with Gasteiger partial charge in [-0.05, 0) is 37.0 Å². The van der Waals surface area contributed by atoms with Gasteiger partial charge in [-0.1, -0.05) is 61.4 Å². The molecule has 2 aromatic rings. The Morgan fingerprint density at radius 2 is 1.67 bits per heavy atom. The molecule has 2 heterocycles. The van der Waals surface area contributed by atoms with Gasteiger partial charge in [-0.25, -0.2) is 9.69 Å². The lowest BCUT2D eigenvalue weighted by molar-refractivity contribution is -0.134. The third-order valence-corrected chi connectivity index (χ3v) is 6.99. The number of hydrogen-bond donors (Lipinski definition) is 1. The van der Waals surface area contributed by atoms with E-state index in [2.05, 4.69) is 5.32 Å². The molecule has 7 heteroatoms. The van der Waals surface area contributed by atoms with Crippen LogP contribution in [0, 0.1) is 5.92 Å². The molecule has 1 aliphatic carbocycles. The molecule has 0 aromatic heterocycles. The van der Waals surface area contributed by atoms with Gasteiger partial charge in [0.1, 0.15) is 6.54 Å². The summed E-state index contributed by atoms with van der Waals surface area (Å²) in [5, 5.41) is 2.94. The van der Waals surface area contributed by atoms with Crippen LogP contribution in [0.15, 0.2) is 60.7 Å². The first-order valence-corrected chi connectivity index (χ1v) is 11.8. The molecule has 2 saturated heterocycles. The van der Waals surface area contributed by atoms with Crippen LogP contribution in [0.2, 0.25) is 0 Å². The number of nitrogens with one attached hydrogen (secondary N) is 1. The maximum Gasteiger partial charge on any atom is 0.332 e. The first-order chi connectivity index (χ1) is 16.1. The van der Waals surface area contributed by atoms with E-state index < -0.39 is 18.2 Å². The molecule has 7 nitrogen and oxygen atoms in total. The van der Waals surface area contributed by atoms with Crippen LogP contribution in [0.3, 0.4) is 0 Å². The Morgan fingerprint density at radius 3 is 2.42 bits per heavy atom. The fraction of sp³-hybridized carbons (Fsp3) is 0.423. The van der Waals surface area contributed by atoms with Crippen molar-refractivity contribution >= 4 is 23.5 Å². The maximum absolute atomic E-state index is 13.6. The molecule has 172 valence electrons. The molecule has 5 rings (SSSR count). The SMILES string of the molecule is O=C(CN1C(=O)N(c2ccccc2)C(=O)C2OC3CCCCC3C21)NCCc1ccccc1. The minimum atomic E-state index is -0.729. The molecular formula is C26H29N3O4. The summed E-state index contributed by atoms with van der Waals surface area (Å²) >= 11 is 0. The van der Waals surface area contributed by atoms with E-state index in [1.807, 2.05) is 36.4 Å². The zero-order chi connectivity index (χ0) is 22.8. The number of rotatable bonds is 6. The minimum Gasteiger partial charge on any atom is -0.363 e. The van der Waals surface area contributed by atoms with Crippen LogP contribution in [0.1, 0.15) is 31.2 Å². The number of ether oxygens (including phenoxy) is 1. The Balaban J connectivity index is 1.35. The van der Waals surface area contributed by atoms with Crippen molar-refractivity contribution in [2.24, 2.45) is 5.92 Å². The highest BCUT2D eigenvalue weighted by Gasteiger charge is 2.57. The number of hydrogen-bond acceptors (Lipinski definition) is 4. The lowest BCUT2D eigenvalue weighted by Crippen LogP contribution is -2.66. The number of benzene rings is 2. The molecule has 2 aliphatic heterocycles. The van der Waals surface area contributed by atoms with Gasteiger partial charge in [-0.2, -0.15) is 0 Å². The van der Waals surface area contributed by atoms with Crippen molar-refractivity contribution < 1.29 is 19.1 Å². The lowest BCUT2D eigenvalue weighted by atomic mass is 9.81.